The summed E-state index contributed by atoms with van der Waals surface area (Å²) in [4.78, 5) is 24.2. The fourth-order valence-corrected chi connectivity index (χ4v) is 4.57. The van der Waals surface area contributed by atoms with Crippen molar-refractivity contribution in [3.8, 4) is 16.9 Å². The summed E-state index contributed by atoms with van der Waals surface area (Å²) in [5.74, 6) is -1.33. The first-order valence-corrected chi connectivity index (χ1v) is 12.4. The van der Waals surface area contributed by atoms with Crippen LogP contribution in [0.2, 0.25) is 0 Å². The van der Waals surface area contributed by atoms with E-state index in [0.717, 1.165) is 28.5 Å². The molecule has 9 heteroatoms. The van der Waals surface area contributed by atoms with Crippen molar-refractivity contribution >= 4 is 22.2 Å². The smallest absolute Gasteiger partial charge is 0.407 e. The van der Waals surface area contributed by atoms with Crippen LogP contribution in [-0.4, -0.2) is 44.5 Å². The Morgan fingerprint density at radius 3 is 2.18 bits per heavy atom. The Balaban J connectivity index is 1.42. The zero-order chi connectivity index (χ0) is 24.3. The van der Waals surface area contributed by atoms with Crippen LogP contribution in [0.15, 0.2) is 72.8 Å². The maximum absolute atomic E-state index is 12.5. The molecular formula is C25H23NO7S. The van der Waals surface area contributed by atoms with Crippen molar-refractivity contribution in [3.63, 3.8) is 0 Å². The van der Waals surface area contributed by atoms with Crippen molar-refractivity contribution < 1.29 is 32.0 Å². The second-order valence-electron chi connectivity index (χ2n) is 8.00. The number of alkyl carbamates (subject to hydrolysis) is 1. The first kappa shape index (κ1) is 23.3. The number of ether oxygens (including phenoxy) is 1. The summed E-state index contributed by atoms with van der Waals surface area (Å²) < 4.78 is 32.9. The maximum Gasteiger partial charge on any atom is 0.407 e. The molecule has 4 rings (SSSR count). The van der Waals surface area contributed by atoms with E-state index in [9.17, 15) is 23.1 Å². The maximum atomic E-state index is 12.5. The number of hydrogen-bond donors (Lipinski definition) is 2. The molecule has 1 aliphatic carbocycles. The van der Waals surface area contributed by atoms with Crippen LogP contribution < -0.4 is 9.50 Å². The summed E-state index contributed by atoms with van der Waals surface area (Å²) in [7, 11) is -3.72. The summed E-state index contributed by atoms with van der Waals surface area (Å²) in [6.45, 7) is 0.0594. The standard InChI is InChI=1S/C25H23NO7S/c1-34(30,31)33-17-8-6-7-16(13-17)14-23(24(27)28)26-25(29)32-15-22-20-11-4-2-9-18(20)19-10-3-5-12-21(19)22/h2-13,22-23H,14-15H2,1H3,(H,26,29)(H,27,28)/t23-/m0/s1. The first-order valence-electron chi connectivity index (χ1n) is 10.5. The lowest BCUT2D eigenvalue weighted by atomic mass is 9.98. The monoisotopic (exact) mass is 481 g/mol. The number of carboxylic acid groups (broad SMARTS) is 1. The van der Waals surface area contributed by atoms with E-state index in [1.165, 1.54) is 12.1 Å². The third-order valence-electron chi connectivity index (χ3n) is 5.52. The van der Waals surface area contributed by atoms with Crippen molar-refractivity contribution in [1.29, 1.82) is 0 Å². The molecule has 0 bridgehead atoms. The number of benzene rings is 3. The Hall–Kier alpha value is -3.85. The molecule has 1 amide bonds. The van der Waals surface area contributed by atoms with E-state index in [-0.39, 0.29) is 24.7 Å². The van der Waals surface area contributed by atoms with Crippen molar-refractivity contribution in [2.45, 2.75) is 18.4 Å². The number of carbonyl (C=O) groups is 2. The van der Waals surface area contributed by atoms with E-state index in [0.29, 0.717) is 5.56 Å². The molecule has 0 saturated carbocycles. The number of carboxylic acids is 1. The van der Waals surface area contributed by atoms with Crippen molar-refractivity contribution in [1.82, 2.24) is 5.32 Å². The van der Waals surface area contributed by atoms with E-state index in [4.69, 9.17) is 8.92 Å². The molecule has 8 nitrogen and oxygen atoms in total. The topological polar surface area (TPSA) is 119 Å². The minimum absolute atomic E-state index is 0.0594. The van der Waals surface area contributed by atoms with Crippen LogP contribution in [0.25, 0.3) is 11.1 Å². The van der Waals surface area contributed by atoms with Gasteiger partial charge in [0.05, 0.1) is 6.26 Å². The molecule has 0 spiro atoms. The van der Waals surface area contributed by atoms with Crippen LogP contribution in [0.4, 0.5) is 4.79 Å². The summed E-state index contributed by atoms with van der Waals surface area (Å²) in [6.07, 6.45) is -0.0170. The number of fused-ring (bicyclic) bond motifs is 3. The third-order valence-corrected chi connectivity index (χ3v) is 6.01. The zero-order valence-corrected chi connectivity index (χ0v) is 19.1. The van der Waals surface area contributed by atoms with Crippen LogP contribution >= 0.6 is 0 Å². The van der Waals surface area contributed by atoms with Gasteiger partial charge < -0.3 is 19.3 Å². The molecule has 0 aromatic heterocycles. The Morgan fingerprint density at radius 2 is 1.59 bits per heavy atom. The highest BCUT2D eigenvalue weighted by Crippen LogP contribution is 2.44. The number of rotatable bonds is 8. The molecule has 0 unspecified atom stereocenters. The lowest BCUT2D eigenvalue weighted by molar-refractivity contribution is -0.139. The molecular weight excluding hydrogens is 458 g/mol. The lowest BCUT2D eigenvalue weighted by Crippen LogP contribution is -2.42. The molecule has 1 aliphatic rings. The van der Waals surface area contributed by atoms with Gasteiger partial charge in [0.1, 0.15) is 18.4 Å². The van der Waals surface area contributed by atoms with Crippen LogP contribution in [0.3, 0.4) is 0 Å². The highest BCUT2D eigenvalue weighted by atomic mass is 32.2. The summed E-state index contributed by atoms with van der Waals surface area (Å²) in [5.41, 5.74) is 4.76. The molecule has 3 aromatic rings. The van der Waals surface area contributed by atoms with Crippen LogP contribution in [0.5, 0.6) is 5.75 Å². The lowest BCUT2D eigenvalue weighted by Gasteiger charge is -2.18. The average molecular weight is 482 g/mol. The number of carbonyl (C=O) groups excluding carboxylic acids is 1. The quantitative estimate of drug-likeness (QED) is 0.472. The van der Waals surface area contributed by atoms with Crippen molar-refractivity contribution in [2.75, 3.05) is 12.9 Å². The molecule has 0 radical (unpaired) electrons. The molecule has 34 heavy (non-hydrogen) atoms. The van der Waals surface area contributed by atoms with Crippen LogP contribution in [-0.2, 0) is 26.1 Å². The minimum Gasteiger partial charge on any atom is -0.480 e. The second-order valence-corrected chi connectivity index (χ2v) is 9.57. The van der Waals surface area contributed by atoms with Crippen molar-refractivity contribution in [2.24, 2.45) is 0 Å². The van der Waals surface area contributed by atoms with Gasteiger partial charge in [-0.05, 0) is 39.9 Å². The molecule has 2 N–H and O–H groups in total. The van der Waals surface area contributed by atoms with Crippen LogP contribution in [0.1, 0.15) is 22.6 Å². The third kappa shape index (κ3) is 5.37. The van der Waals surface area contributed by atoms with Gasteiger partial charge in [0.15, 0.2) is 0 Å². The van der Waals surface area contributed by atoms with Gasteiger partial charge in [-0.3, -0.25) is 0 Å². The van der Waals surface area contributed by atoms with E-state index in [1.54, 1.807) is 12.1 Å². The first-order chi connectivity index (χ1) is 16.2. The number of hydrogen-bond acceptors (Lipinski definition) is 6. The molecule has 1 atom stereocenters. The summed E-state index contributed by atoms with van der Waals surface area (Å²) in [5, 5.41) is 12.0. The number of nitrogens with one attached hydrogen (secondary N) is 1. The van der Waals surface area contributed by atoms with Gasteiger partial charge in [0.25, 0.3) is 0 Å². The van der Waals surface area contributed by atoms with Gasteiger partial charge in [-0.25, -0.2) is 9.59 Å². The zero-order valence-electron chi connectivity index (χ0n) is 18.3. The molecule has 3 aromatic carbocycles. The van der Waals surface area contributed by atoms with Gasteiger partial charge in [0, 0.05) is 12.3 Å². The van der Waals surface area contributed by atoms with Gasteiger partial charge in [0.2, 0.25) is 0 Å². The van der Waals surface area contributed by atoms with Gasteiger partial charge in [-0.1, -0.05) is 60.7 Å². The van der Waals surface area contributed by atoms with Crippen LogP contribution in [0, 0.1) is 0 Å². The Labute approximate surface area is 197 Å². The molecule has 176 valence electrons. The Bertz CT molecular complexity index is 1290. The highest BCUT2D eigenvalue weighted by Gasteiger charge is 2.29. The molecule has 0 saturated heterocycles. The van der Waals surface area contributed by atoms with E-state index in [2.05, 4.69) is 5.32 Å². The predicted molar refractivity (Wildman–Crippen MR) is 125 cm³/mol. The largest absolute Gasteiger partial charge is 0.480 e. The minimum atomic E-state index is -3.72. The number of amides is 1. The Morgan fingerprint density at radius 1 is 0.971 bits per heavy atom. The Kier molecular flexibility index (Phi) is 6.56. The van der Waals surface area contributed by atoms with E-state index in [1.807, 2.05) is 48.5 Å². The molecule has 0 heterocycles. The SMILES string of the molecule is CS(=O)(=O)Oc1cccc(C[C@H](NC(=O)OCC2c3ccccc3-c3ccccc32)C(=O)O)c1. The van der Waals surface area contributed by atoms with E-state index < -0.39 is 28.2 Å². The van der Waals surface area contributed by atoms with Gasteiger partial charge in [-0.15, -0.1) is 0 Å². The van der Waals surface area contributed by atoms with Gasteiger partial charge >= 0.3 is 22.2 Å². The van der Waals surface area contributed by atoms with Crippen molar-refractivity contribution in [3.05, 3.63) is 89.5 Å². The fourth-order valence-electron chi connectivity index (χ4n) is 4.12. The second kappa shape index (κ2) is 9.56. The summed E-state index contributed by atoms with van der Waals surface area (Å²) >= 11 is 0. The normalized spacial score (nSPS) is 13.4. The van der Waals surface area contributed by atoms with Gasteiger partial charge in [-0.2, -0.15) is 8.42 Å². The average Bonchev–Trinajstić information content (AvgIpc) is 3.10. The summed E-state index contributed by atoms with van der Waals surface area (Å²) in [6, 6.07) is 20.6. The molecule has 0 fully saturated rings. The van der Waals surface area contributed by atoms with E-state index >= 15 is 0 Å². The predicted octanol–water partition coefficient (Wildman–Crippen LogP) is 3.56. The highest BCUT2D eigenvalue weighted by molar-refractivity contribution is 7.86. The fraction of sp³-hybridized carbons (Fsp3) is 0.200. The molecule has 0 aliphatic heterocycles. The number of aliphatic carboxylic acids is 1.